The lowest BCUT2D eigenvalue weighted by Crippen LogP contribution is -2.21. The molecule has 2 rings (SSSR count). The Morgan fingerprint density at radius 3 is 3.00 bits per heavy atom. The van der Waals surface area contributed by atoms with E-state index in [2.05, 4.69) is 25.6 Å². The highest BCUT2D eigenvalue weighted by Crippen LogP contribution is 2.13. The van der Waals surface area contributed by atoms with Crippen molar-refractivity contribution >= 4 is 31.6 Å². The van der Waals surface area contributed by atoms with Gasteiger partial charge in [-0.1, -0.05) is 15.9 Å². The molecule has 0 saturated heterocycles. The number of halogens is 1. The molecule has 2 aromatic heterocycles. The molecule has 7 heteroatoms. The van der Waals surface area contributed by atoms with Crippen LogP contribution in [0.2, 0.25) is 0 Å². The molecule has 0 aliphatic heterocycles. The number of aromatic nitrogens is 2. The van der Waals surface area contributed by atoms with Crippen LogP contribution in [0.3, 0.4) is 0 Å². The number of rotatable bonds is 3. The summed E-state index contributed by atoms with van der Waals surface area (Å²) in [4.78, 5) is 4.28. The zero-order valence-corrected chi connectivity index (χ0v) is 10.9. The van der Waals surface area contributed by atoms with Gasteiger partial charge in [0.05, 0.1) is 18.5 Å². The molecule has 0 unspecified atom stereocenters. The number of nitrogens with zero attached hydrogens (tertiary/aromatic N) is 2. The standard InChI is InChI=1S/C9H10BrN3O2S/c1-16(14,15)11-5-8-6-13-3-2-7(10)4-9(13)12-8/h2-4,6,11H,5H2,1H3. The van der Waals surface area contributed by atoms with Gasteiger partial charge in [-0.2, -0.15) is 0 Å². The Labute approximate surface area is 102 Å². The molecular weight excluding hydrogens is 294 g/mol. The quantitative estimate of drug-likeness (QED) is 0.925. The van der Waals surface area contributed by atoms with Crippen LogP contribution >= 0.6 is 15.9 Å². The summed E-state index contributed by atoms with van der Waals surface area (Å²) in [6, 6.07) is 3.76. The molecule has 0 fully saturated rings. The number of hydrogen-bond donors (Lipinski definition) is 1. The first kappa shape index (κ1) is 11.6. The van der Waals surface area contributed by atoms with Crippen molar-refractivity contribution in [2.45, 2.75) is 6.54 Å². The van der Waals surface area contributed by atoms with Gasteiger partial charge >= 0.3 is 0 Å². The first-order valence-corrected chi connectivity index (χ1v) is 7.20. The fourth-order valence-electron chi connectivity index (χ4n) is 1.30. The van der Waals surface area contributed by atoms with E-state index >= 15 is 0 Å². The number of fused-ring (bicyclic) bond motifs is 1. The van der Waals surface area contributed by atoms with Crippen LogP contribution in [-0.2, 0) is 16.6 Å². The van der Waals surface area contributed by atoms with Gasteiger partial charge in [-0.15, -0.1) is 0 Å². The normalized spacial score (nSPS) is 12.1. The smallest absolute Gasteiger partial charge is 0.209 e. The Morgan fingerprint density at radius 1 is 1.56 bits per heavy atom. The van der Waals surface area contributed by atoms with E-state index in [1.54, 1.807) is 6.20 Å². The van der Waals surface area contributed by atoms with Crippen molar-refractivity contribution in [1.82, 2.24) is 14.1 Å². The summed E-state index contributed by atoms with van der Waals surface area (Å²) < 4.78 is 27.0. The van der Waals surface area contributed by atoms with Crippen LogP contribution in [0.15, 0.2) is 29.0 Å². The minimum absolute atomic E-state index is 0.206. The maximum absolute atomic E-state index is 10.9. The SMILES string of the molecule is CS(=O)(=O)NCc1cn2ccc(Br)cc2n1. The predicted molar refractivity (Wildman–Crippen MR) is 64.6 cm³/mol. The van der Waals surface area contributed by atoms with Crippen LogP contribution in [0.25, 0.3) is 5.65 Å². The average Bonchev–Trinajstić information content (AvgIpc) is 2.55. The van der Waals surface area contributed by atoms with E-state index in [-0.39, 0.29) is 6.54 Å². The summed E-state index contributed by atoms with van der Waals surface area (Å²) in [5.74, 6) is 0. The minimum atomic E-state index is -3.18. The summed E-state index contributed by atoms with van der Waals surface area (Å²) in [7, 11) is -3.18. The van der Waals surface area contributed by atoms with Gasteiger partial charge in [-0.25, -0.2) is 18.1 Å². The Morgan fingerprint density at radius 2 is 2.31 bits per heavy atom. The minimum Gasteiger partial charge on any atom is -0.307 e. The Bertz CT molecular complexity index is 621. The number of pyridine rings is 1. The fourth-order valence-corrected chi connectivity index (χ4v) is 2.03. The predicted octanol–water partition coefficient (Wildman–Crippen LogP) is 1.15. The summed E-state index contributed by atoms with van der Waals surface area (Å²) in [6.45, 7) is 0.206. The second kappa shape index (κ2) is 4.15. The molecule has 1 N–H and O–H groups in total. The van der Waals surface area contributed by atoms with E-state index < -0.39 is 10.0 Å². The average molecular weight is 304 g/mol. The third-order valence-corrected chi connectivity index (χ3v) is 3.15. The summed E-state index contributed by atoms with van der Waals surface area (Å²) >= 11 is 3.35. The molecule has 0 radical (unpaired) electrons. The molecule has 0 aromatic carbocycles. The van der Waals surface area contributed by atoms with E-state index in [0.717, 1.165) is 16.4 Å². The largest absolute Gasteiger partial charge is 0.307 e. The second-order valence-electron chi connectivity index (χ2n) is 3.44. The van der Waals surface area contributed by atoms with E-state index in [1.165, 1.54) is 0 Å². The van der Waals surface area contributed by atoms with Gasteiger partial charge in [0.15, 0.2) is 0 Å². The lowest BCUT2D eigenvalue weighted by Gasteiger charge is -1.96. The molecule has 2 heterocycles. The van der Waals surface area contributed by atoms with Crippen molar-refractivity contribution in [3.05, 3.63) is 34.7 Å². The molecule has 16 heavy (non-hydrogen) atoms. The fraction of sp³-hybridized carbons (Fsp3) is 0.222. The van der Waals surface area contributed by atoms with Crippen LogP contribution in [0, 0.1) is 0 Å². The van der Waals surface area contributed by atoms with E-state index in [9.17, 15) is 8.42 Å². The molecule has 5 nitrogen and oxygen atoms in total. The molecule has 0 aliphatic carbocycles. The van der Waals surface area contributed by atoms with Crippen molar-refractivity contribution in [1.29, 1.82) is 0 Å². The summed E-state index contributed by atoms with van der Waals surface area (Å²) in [5, 5.41) is 0. The Hall–Kier alpha value is -0.920. The highest BCUT2D eigenvalue weighted by Gasteiger charge is 2.05. The maximum atomic E-state index is 10.9. The monoisotopic (exact) mass is 303 g/mol. The van der Waals surface area contributed by atoms with Gasteiger partial charge in [0.25, 0.3) is 0 Å². The first-order valence-electron chi connectivity index (χ1n) is 4.52. The number of imidazole rings is 1. The third-order valence-electron chi connectivity index (χ3n) is 1.99. The van der Waals surface area contributed by atoms with Gasteiger partial charge in [0.2, 0.25) is 10.0 Å². The Kier molecular flexibility index (Phi) is 3.00. The zero-order valence-electron chi connectivity index (χ0n) is 8.51. The summed E-state index contributed by atoms with van der Waals surface area (Å²) in [6.07, 6.45) is 4.77. The van der Waals surface area contributed by atoms with Crippen molar-refractivity contribution < 1.29 is 8.42 Å². The number of hydrogen-bond acceptors (Lipinski definition) is 3. The maximum Gasteiger partial charge on any atom is 0.209 e. The highest BCUT2D eigenvalue weighted by molar-refractivity contribution is 9.10. The topological polar surface area (TPSA) is 63.5 Å². The van der Waals surface area contributed by atoms with Crippen LogP contribution < -0.4 is 4.72 Å². The highest BCUT2D eigenvalue weighted by atomic mass is 79.9. The van der Waals surface area contributed by atoms with Gasteiger partial charge in [0.1, 0.15) is 5.65 Å². The molecule has 0 saturated carbocycles. The van der Waals surface area contributed by atoms with Crippen molar-refractivity contribution in [3.8, 4) is 0 Å². The molecule has 0 bridgehead atoms. The van der Waals surface area contributed by atoms with Gasteiger partial charge in [-0.05, 0) is 12.1 Å². The van der Waals surface area contributed by atoms with Crippen molar-refractivity contribution in [2.24, 2.45) is 0 Å². The molecule has 2 aromatic rings. The zero-order chi connectivity index (χ0) is 11.8. The van der Waals surface area contributed by atoms with E-state index in [4.69, 9.17) is 0 Å². The van der Waals surface area contributed by atoms with Crippen LogP contribution in [0.5, 0.6) is 0 Å². The number of sulfonamides is 1. The second-order valence-corrected chi connectivity index (χ2v) is 6.18. The molecule has 0 atom stereocenters. The molecule has 0 amide bonds. The molecular formula is C9H10BrN3O2S. The van der Waals surface area contributed by atoms with Gasteiger partial charge in [0, 0.05) is 16.9 Å². The van der Waals surface area contributed by atoms with Crippen molar-refractivity contribution in [3.63, 3.8) is 0 Å². The van der Waals surface area contributed by atoms with E-state index in [1.807, 2.05) is 22.7 Å². The first-order chi connectivity index (χ1) is 7.44. The number of nitrogens with one attached hydrogen (secondary N) is 1. The van der Waals surface area contributed by atoms with E-state index in [0.29, 0.717) is 5.69 Å². The molecule has 0 aliphatic rings. The Balaban J connectivity index is 2.26. The van der Waals surface area contributed by atoms with Gasteiger partial charge in [-0.3, -0.25) is 0 Å². The van der Waals surface area contributed by atoms with Crippen LogP contribution in [0.1, 0.15) is 5.69 Å². The summed E-state index contributed by atoms with van der Waals surface area (Å²) in [5.41, 5.74) is 1.46. The third kappa shape index (κ3) is 2.81. The van der Waals surface area contributed by atoms with Crippen LogP contribution in [-0.4, -0.2) is 24.1 Å². The lowest BCUT2D eigenvalue weighted by molar-refractivity contribution is 0.587. The molecule has 0 spiro atoms. The lowest BCUT2D eigenvalue weighted by atomic mass is 10.5. The van der Waals surface area contributed by atoms with Crippen molar-refractivity contribution in [2.75, 3.05) is 6.26 Å². The van der Waals surface area contributed by atoms with Gasteiger partial charge < -0.3 is 4.40 Å². The van der Waals surface area contributed by atoms with Crippen LogP contribution in [0.4, 0.5) is 0 Å². The molecule has 86 valence electrons.